The van der Waals surface area contributed by atoms with Gasteiger partial charge in [0, 0.05) is 5.92 Å². The summed E-state index contributed by atoms with van der Waals surface area (Å²) in [6, 6.07) is 4.67. The predicted molar refractivity (Wildman–Crippen MR) is 77.9 cm³/mol. The van der Waals surface area contributed by atoms with E-state index < -0.39 is 5.97 Å². The first kappa shape index (κ1) is 14.6. The number of methoxy groups -OCH3 is 1. The first-order valence-corrected chi connectivity index (χ1v) is 6.83. The summed E-state index contributed by atoms with van der Waals surface area (Å²) in [6.07, 6.45) is 6.57. The number of nitrogens with one attached hydrogen (secondary N) is 1. The molecule has 20 heavy (non-hydrogen) atoms. The molecule has 1 amide bonds. The smallest absolute Gasteiger partial charge is 0.337 e. The number of ether oxygens (including phenoxy) is 1. The lowest BCUT2D eigenvalue weighted by Crippen LogP contribution is -2.23. The number of hydrogen-bond donors (Lipinski definition) is 1. The molecule has 1 N–H and O–H groups in total. The normalized spacial score (nSPS) is 17.6. The summed E-state index contributed by atoms with van der Waals surface area (Å²) in [5.41, 5.74) is 0.796. The predicted octanol–water partition coefficient (Wildman–Crippen LogP) is 3.42. The van der Waals surface area contributed by atoms with Gasteiger partial charge in [-0.2, -0.15) is 0 Å². The average molecular weight is 294 g/mol. The second kappa shape index (κ2) is 6.57. The molecule has 1 aromatic carbocycles. The van der Waals surface area contributed by atoms with Crippen molar-refractivity contribution in [3.63, 3.8) is 0 Å². The molecule has 0 bridgehead atoms. The van der Waals surface area contributed by atoms with Crippen molar-refractivity contribution in [1.29, 1.82) is 0 Å². The van der Waals surface area contributed by atoms with E-state index in [1.807, 2.05) is 6.08 Å². The Bertz CT molecular complexity index is 554. The van der Waals surface area contributed by atoms with Crippen LogP contribution < -0.4 is 5.32 Å². The summed E-state index contributed by atoms with van der Waals surface area (Å²) in [4.78, 5) is 23.6. The van der Waals surface area contributed by atoms with Crippen molar-refractivity contribution in [2.45, 2.75) is 19.3 Å². The number of allylic oxidation sites excluding steroid dienone is 2. The third-order valence-electron chi connectivity index (χ3n) is 3.29. The summed E-state index contributed by atoms with van der Waals surface area (Å²) in [6.45, 7) is 0. The maximum absolute atomic E-state index is 12.2. The van der Waals surface area contributed by atoms with E-state index in [2.05, 4.69) is 16.1 Å². The quantitative estimate of drug-likeness (QED) is 0.686. The third-order valence-corrected chi connectivity index (χ3v) is 3.61. The highest BCUT2D eigenvalue weighted by atomic mass is 35.5. The first-order valence-electron chi connectivity index (χ1n) is 6.45. The molecular weight excluding hydrogens is 278 g/mol. The molecule has 0 fully saturated rings. The van der Waals surface area contributed by atoms with Crippen LogP contribution in [0.4, 0.5) is 5.69 Å². The van der Waals surface area contributed by atoms with Gasteiger partial charge in [0.1, 0.15) is 0 Å². The fourth-order valence-corrected chi connectivity index (χ4v) is 2.30. The standard InChI is InChI=1S/C15H16ClNO3/c1-20-15(19)11-7-8-12(16)13(9-11)17-14(18)10-5-3-2-4-6-10/h2-3,7-10H,4-6H2,1H3,(H,17,18). The number of rotatable bonds is 3. The molecule has 1 unspecified atom stereocenters. The van der Waals surface area contributed by atoms with Gasteiger partial charge in [0.05, 0.1) is 23.4 Å². The molecule has 106 valence electrons. The Hall–Kier alpha value is -1.81. The molecule has 5 heteroatoms. The van der Waals surface area contributed by atoms with Crippen LogP contribution in [-0.4, -0.2) is 19.0 Å². The number of anilines is 1. The number of carbonyl (C=O) groups excluding carboxylic acids is 2. The van der Waals surface area contributed by atoms with Crippen molar-refractivity contribution >= 4 is 29.2 Å². The number of amides is 1. The molecular formula is C15H16ClNO3. The lowest BCUT2D eigenvalue weighted by molar-refractivity contribution is -0.120. The van der Waals surface area contributed by atoms with Crippen molar-refractivity contribution in [3.8, 4) is 0 Å². The van der Waals surface area contributed by atoms with Crippen LogP contribution in [0, 0.1) is 5.92 Å². The minimum atomic E-state index is -0.460. The number of hydrogen-bond acceptors (Lipinski definition) is 3. The van der Waals surface area contributed by atoms with Crippen molar-refractivity contribution in [1.82, 2.24) is 0 Å². The second-order valence-corrected chi connectivity index (χ2v) is 5.06. The minimum absolute atomic E-state index is 0.0437. The summed E-state index contributed by atoms with van der Waals surface area (Å²) in [5, 5.41) is 3.19. The van der Waals surface area contributed by atoms with Gasteiger partial charge >= 0.3 is 5.97 Å². The minimum Gasteiger partial charge on any atom is -0.465 e. The maximum Gasteiger partial charge on any atom is 0.337 e. The number of carbonyl (C=O) groups is 2. The highest BCUT2D eigenvalue weighted by Crippen LogP contribution is 2.26. The molecule has 1 aliphatic rings. The van der Waals surface area contributed by atoms with Gasteiger partial charge in [0.15, 0.2) is 0 Å². The molecule has 0 aliphatic heterocycles. The van der Waals surface area contributed by atoms with E-state index in [4.69, 9.17) is 11.6 Å². The van der Waals surface area contributed by atoms with Gasteiger partial charge in [-0.1, -0.05) is 23.8 Å². The molecule has 0 aromatic heterocycles. The molecule has 0 heterocycles. The van der Waals surface area contributed by atoms with E-state index in [1.165, 1.54) is 13.2 Å². The molecule has 1 aliphatic carbocycles. The Morgan fingerprint density at radius 2 is 2.15 bits per heavy atom. The lowest BCUT2D eigenvalue weighted by atomic mass is 9.93. The van der Waals surface area contributed by atoms with E-state index >= 15 is 0 Å². The van der Waals surface area contributed by atoms with Gasteiger partial charge in [-0.25, -0.2) is 4.79 Å². The largest absolute Gasteiger partial charge is 0.465 e. The van der Waals surface area contributed by atoms with Gasteiger partial charge in [0.2, 0.25) is 5.91 Å². The van der Waals surface area contributed by atoms with E-state index in [0.29, 0.717) is 16.3 Å². The van der Waals surface area contributed by atoms with Gasteiger partial charge < -0.3 is 10.1 Å². The monoisotopic (exact) mass is 293 g/mol. The van der Waals surface area contributed by atoms with Crippen molar-refractivity contribution < 1.29 is 14.3 Å². The van der Waals surface area contributed by atoms with Gasteiger partial charge in [-0.05, 0) is 37.5 Å². The highest BCUT2D eigenvalue weighted by molar-refractivity contribution is 6.33. The lowest BCUT2D eigenvalue weighted by Gasteiger charge is -2.18. The summed E-state index contributed by atoms with van der Waals surface area (Å²) >= 11 is 6.05. The number of benzene rings is 1. The molecule has 0 spiro atoms. The van der Waals surface area contributed by atoms with Crippen LogP contribution in [-0.2, 0) is 9.53 Å². The Labute approximate surface area is 122 Å². The third kappa shape index (κ3) is 3.39. The summed E-state index contributed by atoms with van der Waals surface area (Å²) < 4.78 is 4.65. The van der Waals surface area contributed by atoms with Crippen LogP contribution in [0.3, 0.4) is 0 Å². The van der Waals surface area contributed by atoms with Crippen molar-refractivity contribution in [2.24, 2.45) is 5.92 Å². The number of esters is 1. The fourth-order valence-electron chi connectivity index (χ4n) is 2.13. The van der Waals surface area contributed by atoms with Crippen LogP contribution >= 0.6 is 11.6 Å². The van der Waals surface area contributed by atoms with Crippen LogP contribution in [0.1, 0.15) is 29.6 Å². The topological polar surface area (TPSA) is 55.4 Å². The van der Waals surface area contributed by atoms with Crippen LogP contribution in [0.2, 0.25) is 5.02 Å². The molecule has 0 saturated carbocycles. The molecule has 4 nitrogen and oxygen atoms in total. The zero-order chi connectivity index (χ0) is 14.5. The fraction of sp³-hybridized carbons (Fsp3) is 0.333. The van der Waals surface area contributed by atoms with E-state index in [-0.39, 0.29) is 11.8 Å². The highest BCUT2D eigenvalue weighted by Gasteiger charge is 2.20. The number of halogens is 1. The van der Waals surface area contributed by atoms with Crippen molar-refractivity contribution in [2.75, 3.05) is 12.4 Å². The zero-order valence-electron chi connectivity index (χ0n) is 11.2. The maximum atomic E-state index is 12.2. The van der Waals surface area contributed by atoms with Crippen LogP contribution in [0.25, 0.3) is 0 Å². The SMILES string of the molecule is COC(=O)c1ccc(Cl)c(NC(=O)C2CC=CCC2)c1. The van der Waals surface area contributed by atoms with Crippen LogP contribution in [0.5, 0.6) is 0 Å². The molecule has 2 rings (SSSR count). The van der Waals surface area contributed by atoms with Crippen LogP contribution in [0.15, 0.2) is 30.4 Å². The first-order chi connectivity index (χ1) is 9.61. The van der Waals surface area contributed by atoms with E-state index in [1.54, 1.807) is 12.1 Å². The van der Waals surface area contributed by atoms with Gasteiger partial charge in [-0.15, -0.1) is 0 Å². The average Bonchev–Trinajstić information content (AvgIpc) is 2.49. The van der Waals surface area contributed by atoms with Gasteiger partial charge in [0.25, 0.3) is 0 Å². The summed E-state index contributed by atoms with van der Waals surface area (Å²) in [5.74, 6) is -0.575. The van der Waals surface area contributed by atoms with E-state index in [9.17, 15) is 9.59 Å². The summed E-state index contributed by atoms with van der Waals surface area (Å²) in [7, 11) is 1.31. The second-order valence-electron chi connectivity index (χ2n) is 4.66. The zero-order valence-corrected chi connectivity index (χ0v) is 11.9. The van der Waals surface area contributed by atoms with Gasteiger partial charge in [-0.3, -0.25) is 4.79 Å². The molecule has 0 radical (unpaired) electrons. The molecule has 0 saturated heterocycles. The molecule has 1 aromatic rings. The Kier molecular flexibility index (Phi) is 4.79. The van der Waals surface area contributed by atoms with E-state index in [0.717, 1.165) is 19.3 Å². The molecule has 1 atom stereocenters. The Morgan fingerprint density at radius 1 is 1.35 bits per heavy atom. The Balaban J connectivity index is 2.13. The Morgan fingerprint density at radius 3 is 2.80 bits per heavy atom. The van der Waals surface area contributed by atoms with Crippen molar-refractivity contribution in [3.05, 3.63) is 40.9 Å².